The van der Waals surface area contributed by atoms with Crippen LogP contribution in [0.25, 0.3) is 11.1 Å². The molecule has 2 aliphatic carbocycles. The maximum atomic E-state index is 12.9. The average Bonchev–Trinajstić information content (AvgIpc) is 3.15. The van der Waals surface area contributed by atoms with E-state index in [0.29, 0.717) is 25.9 Å². The van der Waals surface area contributed by atoms with Crippen molar-refractivity contribution in [3.05, 3.63) is 59.7 Å². The van der Waals surface area contributed by atoms with Crippen molar-refractivity contribution >= 4 is 18.0 Å². The molecule has 2 atom stereocenters. The SMILES string of the molecule is O=C(O)CCC1CN(C(=O)[C@@H]2CCC[C@@H](NC(=O)OCC3c4ccccc4-c4ccccc43)C2)C1. The van der Waals surface area contributed by atoms with Crippen molar-refractivity contribution in [1.29, 1.82) is 0 Å². The van der Waals surface area contributed by atoms with Crippen LogP contribution in [0.15, 0.2) is 48.5 Å². The van der Waals surface area contributed by atoms with Gasteiger partial charge in [-0.1, -0.05) is 55.0 Å². The van der Waals surface area contributed by atoms with Gasteiger partial charge in [-0.2, -0.15) is 0 Å². The van der Waals surface area contributed by atoms with Gasteiger partial charge in [-0.15, -0.1) is 0 Å². The van der Waals surface area contributed by atoms with Gasteiger partial charge in [0.1, 0.15) is 6.61 Å². The quantitative estimate of drug-likeness (QED) is 0.617. The Bertz CT molecular complexity index is 1060. The normalized spacial score (nSPS) is 21.5. The molecule has 0 unspecified atom stereocenters. The Kier molecular flexibility index (Phi) is 6.75. The molecule has 0 radical (unpaired) electrons. The van der Waals surface area contributed by atoms with Crippen molar-refractivity contribution in [2.24, 2.45) is 11.8 Å². The summed E-state index contributed by atoms with van der Waals surface area (Å²) in [6, 6.07) is 16.4. The number of carboxylic acid groups (broad SMARTS) is 1. The van der Waals surface area contributed by atoms with E-state index >= 15 is 0 Å². The fourth-order valence-electron chi connectivity index (χ4n) is 5.87. The number of carboxylic acids is 1. The first kappa shape index (κ1) is 23.4. The molecule has 35 heavy (non-hydrogen) atoms. The van der Waals surface area contributed by atoms with Gasteiger partial charge in [0.2, 0.25) is 5.91 Å². The van der Waals surface area contributed by atoms with E-state index in [4.69, 9.17) is 9.84 Å². The van der Waals surface area contributed by atoms with Gasteiger partial charge >= 0.3 is 12.1 Å². The van der Waals surface area contributed by atoms with Crippen LogP contribution < -0.4 is 5.32 Å². The van der Waals surface area contributed by atoms with Crippen LogP contribution in [-0.2, 0) is 14.3 Å². The van der Waals surface area contributed by atoms with Crippen LogP contribution in [-0.4, -0.2) is 53.7 Å². The summed E-state index contributed by atoms with van der Waals surface area (Å²) in [6.07, 6.45) is 3.54. The Morgan fingerprint density at radius 2 is 1.63 bits per heavy atom. The number of nitrogens with one attached hydrogen (secondary N) is 1. The number of rotatable bonds is 7. The summed E-state index contributed by atoms with van der Waals surface area (Å²) in [7, 11) is 0. The van der Waals surface area contributed by atoms with Gasteiger partial charge in [-0.3, -0.25) is 9.59 Å². The largest absolute Gasteiger partial charge is 0.481 e. The molecule has 1 heterocycles. The molecule has 1 saturated heterocycles. The maximum Gasteiger partial charge on any atom is 0.407 e. The number of carbonyl (C=O) groups excluding carboxylic acids is 2. The lowest BCUT2D eigenvalue weighted by Crippen LogP contribution is -2.53. The van der Waals surface area contributed by atoms with Crippen molar-refractivity contribution in [3.63, 3.8) is 0 Å². The fraction of sp³-hybridized carbons (Fsp3) is 0.464. The van der Waals surface area contributed by atoms with Crippen LogP contribution in [0.3, 0.4) is 0 Å². The zero-order valence-corrected chi connectivity index (χ0v) is 19.8. The van der Waals surface area contributed by atoms with Crippen LogP contribution in [0.4, 0.5) is 4.79 Å². The highest BCUT2D eigenvalue weighted by molar-refractivity contribution is 5.80. The molecule has 184 valence electrons. The lowest BCUT2D eigenvalue weighted by atomic mass is 9.83. The number of fused-ring (bicyclic) bond motifs is 3. The number of alkyl carbamates (subject to hydrolysis) is 1. The van der Waals surface area contributed by atoms with Crippen molar-refractivity contribution in [1.82, 2.24) is 10.2 Å². The number of aliphatic carboxylic acids is 1. The third-order valence-corrected chi connectivity index (χ3v) is 7.72. The predicted molar refractivity (Wildman–Crippen MR) is 131 cm³/mol. The molecule has 7 nitrogen and oxygen atoms in total. The summed E-state index contributed by atoms with van der Waals surface area (Å²) >= 11 is 0. The Hall–Kier alpha value is -3.35. The number of ether oxygens (including phenoxy) is 1. The minimum absolute atomic E-state index is 0.0225. The van der Waals surface area contributed by atoms with Gasteiger partial charge < -0.3 is 20.1 Å². The number of amides is 2. The number of hydrogen-bond acceptors (Lipinski definition) is 4. The van der Waals surface area contributed by atoms with Crippen molar-refractivity contribution in [3.8, 4) is 11.1 Å². The molecule has 0 bridgehead atoms. The third kappa shape index (κ3) is 5.04. The van der Waals surface area contributed by atoms with Crippen molar-refractivity contribution < 1.29 is 24.2 Å². The molecule has 3 aliphatic rings. The second-order valence-corrected chi connectivity index (χ2v) is 10.1. The van der Waals surface area contributed by atoms with Gasteiger partial charge in [-0.05, 0) is 53.9 Å². The van der Waals surface area contributed by atoms with E-state index in [2.05, 4.69) is 29.6 Å². The van der Waals surface area contributed by atoms with Gasteiger partial charge in [0.15, 0.2) is 0 Å². The summed E-state index contributed by atoms with van der Waals surface area (Å²) in [5, 5.41) is 11.8. The lowest BCUT2D eigenvalue weighted by Gasteiger charge is -2.42. The summed E-state index contributed by atoms with van der Waals surface area (Å²) in [6.45, 7) is 1.57. The van der Waals surface area contributed by atoms with Crippen molar-refractivity contribution in [2.75, 3.05) is 19.7 Å². The minimum Gasteiger partial charge on any atom is -0.481 e. The van der Waals surface area contributed by atoms with E-state index in [1.807, 2.05) is 29.2 Å². The molecule has 2 amide bonds. The molecular formula is C28H32N2O5. The number of carbonyl (C=O) groups is 3. The lowest BCUT2D eigenvalue weighted by molar-refractivity contribution is -0.144. The average molecular weight is 477 g/mol. The molecular weight excluding hydrogens is 444 g/mol. The van der Waals surface area contributed by atoms with E-state index in [9.17, 15) is 14.4 Å². The van der Waals surface area contributed by atoms with Crippen molar-refractivity contribution in [2.45, 2.75) is 50.5 Å². The second-order valence-electron chi connectivity index (χ2n) is 10.1. The monoisotopic (exact) mass is 476 g/mol. The van der Waals surface area contributed by atoms with Gasteiger partial charge in [0, 0.05) is 37.4 Å². The summed E-state index contributed by atoms with van der Waals surface area (Å²) in [4.78, 5) is 38.1. The predicted octanol–water partition coefficient (Wildman–Crippen LogP) is 4.41. The Morgan fingerprint density at radius 1 is 0.971 bits per heavy atom. The molecule has 1 aliphatic heterocycles. The topological polar surface area (TPSA) is 95.9 Å². The number of benzene rings is 2. The van der Waals surface area contributed by atoms with Gasteiger partial charge in [0.05, 0.1) is 0 Å². The first-order valence-corrected chi connectivity index (χ1v) is 12.6. The highest BCUT2D eigenvalue weighted by atomic mass is 16.5. The molecule has 7 heteroatoms. The van der Waals surface area contributed by atoms with Crippen LogP contribution in [0.2, 0.25) is 0 Å². The van der Waals surface area contributed by atoms with Crippen LogP contribution in [0.1, 0.15) is 55.6 Å². The number of hydrogen-bond donors (Lipinski definition) is 2. The maximum absolute atomic E-state index is 12.9. The highest BCUT2D eigenvalue weighted by Crippen LogP contribution is 2.44. The smallest absolute Gasteiger partial charge is 0.407 e. The minimum atomic E-state index is -0.788. The van der Waals surface area contributed by atoms with E-state index in [-0.39, 0.29) is 42.7 Å². The molecule has 2 aromatic rings. The van der Waals surface area contributed by atoms with Gasteiger partial charge in [-0.25, -0.2) is 4.79 Å². The standard InChI is InChI=1S/C28H32N2O5/c31-26(32)13-12-18-15-30(16-18)27(33)19-6-5-7-20(14-19)29-28(34)35-17-25-23-10-3-1-8-21(23)22-9-2-4-11-24(22)25/h1-4,8-11,18-20,25H,5-7,12-17H2,(H,29,34)(H,31,32)/t19-,20-/m1/s1. The third-order valence-electron chi connectivity index (χ3n) is 7.72. The summed E-state index contributed by atoms with van der Waals surface area (Å²) < 4.78 is 5.68. The number of likely N-dealkylation sites (tertiary alicyclic amines) is 1. The van der Waals surface area contributed by atoms with Gasteiger partial charge in [0.25, 0.3) is 0 Å². The Morgan fingerprint density at radius 3 is 2.29 bits per heavy atom. The highest BCUT2D eigenvalue weighted by Gasteiger charge is 2.37. The molecule has 0 spiro atoms. The van der Waals surface area contributed by atoms with Crippen LogP contribution >= 0.6 is 0 Å². The second kappa shape index (κ2) is 10.1. The first-order valence-electron chi connectivity index (χ1n) is 12.6. The van der Waals surface area contributed by atoms with Crippen LogP contribution in [0.5, 0.6) is 0 Å². The summed E-state index contributed by atoms with van der Waals surface area (Å²) in [5.41, 5.74) is 4.76. The Balaban J connectivity index is 1.11. The molecule has 2 N–H and O–H groups in total. The van der Waals surface area contributed by atoms with E-state index < -0.39 is 12.1 Å². The molecule has 2 aromatic carbocycles. The number of nitrogens with zero attached hydrogens (tertiary/aromatic N) is 1. The molecule has 2 fully saturated rings. The fourth-order valence-corrected chi connectivity index (χ4v) is 5.87. The van der Waals surface area contributed by atoms with E-state index in [1.54, 1.807) is 0 Å². The Labute approximate surface area is 205 Å². The zero-order chi connectivity index (χ0) is 24.4. The summed E-state index contributed by atoms with van der Waals surface area (Å²) in [5.74, 6) is -0.439. The first-order chi connectivity index (χ1) is 17.0. The molecule has 1 saturated carbocycles. The molecule has 5 rings (SSSR count). The van der Waals surface area contributed by atoms with E-state index in [1.165, 1.54) is 22.3 Å². The zero-order valence-electron chi connectivity index (χ0n) is 19.8. The van der Waals surface area contributed by atoms with E-state index in [0.717, 1.165) is 19.3 Å². The van der Waals surface area contributed by atoms with Crippen LogP contribution in [0, 0.1) is 11.8 Å². The molecule has 0 aromatic heterocycles.